The Bertz CT molecular complexity index is 608. The number of benzene rings is 1. The molecule has 1 aromatic carbocycles. The fraction of sp³-hybridized carbons (Fsp3) is 0.375. The summed E-state index contributed by atoms with van der Waals surface area (Å²) >= 11 is 0. The maximum absolute atomic E-state index is 13.7. The number of aromatic nitrogens is 1. The molecule has 0 saturated heterocycles. The van der Waals surface area contributed by atoms with Crippen LogP contribution >= 0.6 is 0 Å². The van der Waals surface area contributed by atoms with Gasteiger partial charge in [0.15, 0.2) is 11.6 Å². The lowest BCUT2D eigenvalue weighted by Crippen LogP contribution is -2.35. The van der Waals surface area contributed by atoms with E-state index >= 15 is 0 Å². The van der Waals surface area contributed by atoms with Crippen molar-refractivity contribution in [2.75, 3.05) is 13.7 Å². The third kappa shape index (κ3) is 2.31. The van der Waals surface area contributed by atoms with Crippen LogP contribution in [0.4, 0.5) is 4.39 Å². The van der Waals surface area contributed by atoms with Gasteiger partial charge in [0, 0.05) is 37.6 Å². The SMILES string of the molecule is COc1ccc(CN2CCn3cccc3[C@@H]2C)cc1F. The van der Waals surface area contributed by atoms with Gasteiger partial charge in [-0.05, 0) is 36.8 Å². The summed E-state index contributed by atoms with van der Waals surface area (Å²) in [4.78, 5) is 2.37. The van der Waals surface area contributed by atoms with Gasteiger partial charge in [0.2, 0.25) is 0 Å². The van der Waals surface area contributed by atoms with E-state index in [1.807, 2.05) is 6.07 Å². The van der Waals surface area contributed by atoms with E-state index in [-0.39, 0.29) is 5.82 Å². The highest BCUT2D eigenvalue weighted by atomic mass is 19.1. The van der Waals surface area contributed by atoms with Crippen LogP contribution in [0.2, 0.25) is 0 Å². The molecule has 0 radical (unpaired) electrons. The molecule has 2 aromatic rings. The lowest BCUT2D eigenvalue weighted by molar-refractivity contribution is 0.160. The normalized spacial score (nSPS) is 18.9. The standard InChI is InChI=1S/C16H19FN2O/c1-12-15-4-3-7-18(15)8-9-19(12)11-13-5-6-16(20-2)14(17)10-13/h3-7,10,12H,8-9,11H2,1-2H3/t12-/m0/s1. The fourth-order valence-corrected chi connectivity index (χ4v) is 2.89. The zero-order chi connectivity index (χ0) is 14.1. The smallest absolute Gasteiger partial charge is 0.165 e. The Morgan fingerprint density at radius 1 is 1.30 bits per heavy atom. The third-order valence-corrected chi connectivity index (χ3v) is 4.07. The fourth-order valence-electron chi connectivity index (χ4n) is 2.89. The van der Waals surface area contributed by atoms with Crippen LogP contribution in [0.1, 0.15) is 24.2 Å². The highest BCUT2D eigenvalue weighted by molar-refractivity contribution is 5.29. The number of halogens is 1. The van der Waals surface area contributed by atoms with Gasteiger partial charge >= 0.3 is 0 Å². The van der Waals surface area contributed by atoms with E-state index in [2.05, 4.69) is 34.7 Å². The van der Waals surface area contributed by atoms with Crippen molar-refractivity contribution >= 4 is 0 Å². The number of hydrogen-bond donors (Lipinski definition) is 0. The van der Waals surface area contributed by atoms with Crippen molar-refractivity contribution < 1.29 is 9.13 Å². The largest absolute Gasteiger partial charge is 0.494 e. The molecular formula is C16H19FN2O. The van der Waals surface area contributed by atoms with Crippen molar-refractivity contribution in [1.82, 2.24) is 9.47 Å². The molecule has 0 N–H and O–H groups in total. The number of ether oxygens (including phenoxy) is 1. The van der Waals surface area contributed by atoms with Crippen LogP contribution in [0.5, 0.6) is 5.75 Å². The van der Waals surface area contributed by atoms with Gasteiger partial charge in [0.25, 0.3) is 0 Å². The van der Waals surface area contributed by atoms with Crippen molar-refractivity contribution in [2.45, 2.75) is 26.1 Å². The Morgan fingerprint density at radius 2 is 2.15 bits per heavy atom. The molecule has 0 unspecified atom stereocenters. The Hall–Kier alpha value is -1.81. The number of fused-ring (bicyclic) bond motifs is 1. The van der Waals surface area contributed by atoms with E-state index in [4.69, 9.17) is 4.74 Å². The van der Waals surface area contributed by atoms with Crippen LogP contribution in [-0.4, -0.2) is 23.1 Å². The van der Waals surface area contributed by atoms with Gasteiger partial charge in [-0.2, -0.15) is 0 Å². The molecule has 0 spiro atoms. The monoisotopic (exact) mass is 274 g/mol. The average molecular weight is 274 g/mol. The first kappa shape index (κ1) is 13.2. The van der Waals surface area contributed by atoms with Crippen LogP contribution < -0.4 is 4.74 Å². The number of nitrogens with zero attached hydrogens (tertiary/aromatic N) is 2. The summed E-state index contributed by atoms with van der Waals surface area (Å²) < 4.78 is 21.0. The number of hydrogen-bond acceptors (Lipinski definition) is 2. The van der Waals surface area contributed by atoms with Gasteiger partial charge in [-0.3, -0.25) is 4.90 Å². The van der Waals surface area contributed by atoms with Gasteiger partial charge in [-0.15, -0.1) is 0 Å². The summed E-state index contributed by atoms with van der Waals surface area (Å²) in [5.41, 5.74) is 2.31. The van der Waals surface area contributed by atoms with Crippen molar-refractivity contribution in [3.63, 3.8) is 0 Å². The van der Waals surface area contributed by atoms with E-state index in [1.165, 1.54) is 12.8 Å². The van der Waals surface area contributed by atoms with Crippen LogP contribution in [0, 0.1) is 5.82 Å². The lowest BCUT2D eigenvalue weighted by atomic mass is 10.1. The van der Waals surface area contributed by atoms with E-state index in [9.17, 15) is 4.39 Å². The molecule has 3 rings (SSSR count). The predicted molar refractivity (Wildman–Crippen MR) is 76.2 cm³/mol. The maximum Gasteiger partial charge on any atom is 0.165 e. The Labute approximate surface area is 118 Å². The van der Waals surface area contributed by atoms with Crippen molar-refractivity contribution in [3.05, 3.63) is 53.6 Å². The van der Waals surface area contributed by atoms with Crippen LogP contribution in [-0.2, 0) is 13.1 Å². The molecule has 20 heavy (non-hydrogen) atoms. The van der Waals surface area contributed by atoms with Crippen molar-refractivity contribution in [2.24, 2.45) is 0 Å². The summed E-state index contributed by atoms with van der Waals surface area (Å²) in [6, 6.07) is 9.79. The molecule has 2 heterocycles. The average Bonchev–Trinajstić information content (AvgIpc) is 2.91. The van der Waals surface area contributed by atoms with E-state index in [1.54, 1.807) is 12.1 Å². The summed E-state index contributed by atoms with van der Waals surface area (Å²) in [7, 11) is 1.49. The molecule has 3 nitrogen and oxygen atoms in total. The Morgan fingerprint density at radius 3 is 2.90 bits per heavy atom. The Kier molecular flexibility index (Phi) is 3.49. The van der Waals surface area contributed by atoms with Crippen molar-refractivity contribution in [3.8, 4) is 5.75 Å². The molecule has 0 fully saturated rings. The first-order chi connectivity index (χ1) is 9.69. The summed E-state index contributed by atoms with van der Waals surface area (Å²) in [5.74, 6) is 0.00681. The molecule has 106 valence electrons. The summed E-state index contributed by atoms with van der Waals surface area (Å²) in [6.07, 6.45) is 2.12. The lowest BCUT2D eigenvalue weighted by Gasteiger charge is -2.35. The molecule has 0 amide bonds. The molecular weight excluding hydrogens is 255 g/mol. The van der Waals surface area contributed by atoms with Crippen molar-refractivity contribution in [1.29, 1.82) is 0 Å². The quantitative estimate of drug-likeness (QED) is 0.855. The van der Waals surface area contributed by atoms with Crippen LogP contribution in [0.15, 0.2) is 36.5 Å². The minimum atomic E-state index is -0.293. The minimum absolute atomic E-state index is 0.293. The molecule has 0 saturated carbocycles. The van der Waals surface area contributed by atoms with Gasteiger partial charge < -0.3 is 9.30 Å². The van der Waals surface area contributed by atoms with Gasteiger partial charge in [-0.1, -0.05) is 6.07 Å². The van der Waals surface area contributed by atoms with Gasteiger partial charge in [-0.25, -0.2) is 4.39 Å². The van der Waals surface area contributed by atoms with Crippen LogP contribution in [0.25, 0.3) is 0 Å². The summed E-state index contributed by atoms with van der Waals surface area (Å²) in [6.45, 7) is 4.93. The summed E-state index contributed by atoms with van der Waals surface area (Å²) in [5, 5.41) is 0. The van der Waals surface area contributed by atoms with E-state index in [0.29, 0.717) is 11.8 Å². The van der Waals surface area contributed by atoms with E-state index in [0.717, 1.165) is 25.2 Å². The predicted octanol–water partition coefficient (Wildman–Crippen LogP) is 3.21. The minimum Gasteiger partial charge on any atom is -0.494 e. The van der Waals surface area contributed by atoms with E-state index < -0.39 is 0 Å². The highest BCUT2D eigenvalue weighted by Gasteiger charge is 2.23. The maximum atomic E-state index is 13.7. The van der Waals surface area contributed by atoms with Gasteiger partial charge in [0.1, 0.15) is 0 Å². The first-order valence-electron chi connectivity index (χ1n) is 6.90. The van der Waals surface area contributed by atoms with Crippen LogP contribution in [0.3, 0.4) is 0 Å². The second kappa shape index (κ2) is 5.29. The molecule has 1 aliphatic rings. The highest BCUT2D eigenvalue weighted by Crippen LogP contribution is 2.27. The zero-order valence-electron chi connectivity index (χ0n) is 11.8. The molecule has 0 aliphatic carbocycles. The zero-order valence-corrected chi connectivity index (χ0v) is 11.8. The Balaban J connectivity index is 1.77. The topological polar surface area (TPSA) is 17.4 Å². The second-order valence-electron chi connectivity index (χ2n) is 5.24. The van der Waals surface area contributed by atoms with Gasteiger partial charge in [0.05, 0.1) is 7.11 Å². The molecule has 1 aliphatic heterocycles. The molecule has 4 heteroatoms. The number of rotatable bonds is 3. The second-order valence-corrected chi connectivity index (χ2v) is 5.24. The molecule has 0 bridgehead atoms. The molecule has 1 atom stereocenters. The first-order valence-corrected chi connectivity index (χ1v) is 6.90. The number of methoxy groups -OCH3 is 1. The molecule has 1 aromatic heterocycles. The third-order valence-electron chi connectivity index (χ3n) is 4.07.